The van der Waals surface area contributed by atoms with Crippen molar-refractivity contribution in [2.45, 2.75) is 26.9 Å². The lowest BCUT2D eigenvalue weighted by Crippen LogP contribution is -2.52. The predicted octanol–water partition coefficient (Wildman–Crippen LogP) is 3.56. The van der Waals surface area contributed by atoms with E-state index in [-0.39, 0.29) is 11.7 Å². The molecule has 0 unspecified atom stereocenters. The number of aryl methyl sites for hydroxylation is 1. The number of carbonyl (C=O) groups is 1. The molecular weight excluding hydrogens is 331 g/mol. The van der Waals surface area contributed by atoms with Gasteiger partial charge in [-0.1, -0.05) is 24.3 Å². The van der Waals surface area contributed by atoms with Crippen LogP contribution in [0.2, 0.25) is 0 Å². The zero-order chi connectivity index (χ0) is 18.7. The van der Waals surface area contributed by atoms with Crippen molar-refractivity contribution < 1.29 is 13.9 Å². The average Bonchev–Trinajstić information content (AvgIpc) is 2.65. The van der Waals surface area contributed by atoms with Crippen LogP contribution in [0.3, 0.4) is 0 Å². The molecule has 3 rings (SSSR count). The van der Waals surface area contributed by atoms with Crippen molar-refractivity contribution in [3.05, 3.63) is 59.4 Å². The number of hydrogen-bond donors (Lipinski definition) is 0. The molecule has 2 aromatic rings. The van der Waals surface area contributed by atoms with Gasteiger partial charge in [-0.05, 0) is 50.1 Å². The molecule has 4 nitrogen and oxygen atoms in total. The summed E-state index contributed by atoms with van der Waals surface area (Å²) in [7, 11) is 0. The van der Waals surface area contributed by atoms with E-state index in [0.29, 0.717) is 31.9 Å². The molecule has 1 aliphatic heterocycles. The van der Waals surface area contributed by atoms with E-state index in [1.165, 1.54) is 6.07 Å². The minimum atomic E-state index is -0.546. The number of rotatable bonds is 4. The topological polar surface area (TPSA) is 32.8 Å². The summed E-state index contributed by atoms with van der Waals surface area (Å²) in [6.07, 6.45) is -0.546. The second kappa shape index (κ2) is 7.77. The van der Waals surface area contributed by atoms with Gasteiger partial charge >= 0.3 is 0 Å². The molecule has 0 bridgehead atoms. The molecule has 2 aromatic carbocycles. The molecule has 0 aromatic heterocycles. The third-order valence-corrected chi connectivity index (χ3v) is 4.99. The van der Waals surface area contributed by atoms with Crippen LogP contribution in [0.25, 0.3) is 0 Å². The van der Waals surface area contributed by atoms with Crippen LogP contribution in [0, 0.1) is 19.7 Å². The first-order valence-electron chi connectivity index (χ1n) is 8.98. The highest BCUT2D eigenvalue weighted by molar-refractivity contribution is 5.81. The van der Waals surface area contributed by atoms with Crippen LogP contribution >= 0.6 is 0 Å². The van der Waals surface area contributed by atoms with E-state index in [4.69, 9.17) is 4.74 Å². The molecule has 0 saturated carbocycles. The van der Waals surface area contributed by atoms with E-state index >= 15 is 0 Å². The van der Waals surface area contributed by atoms with Gasteiger partial charge in [0.2, 0.25) is 0 Å². The lowest BCUT2D eigenvalue weighted by Gasteiger charge is -2.37. The fourth-order valence-electron chi connectivity index (χ4n) is 3.23. The standard InChI is InChI=1S/C21H25FN2O2/c1-15-7-6-10-20(16(15)2)26-17(3)21(25)24-13-11-23(12-14-24)19-9-5-4-8-18(19)22/h4-10,17H,11-14H2,1-3H3/t17-/m1/s1. The van der Waals surface area contributed by atoms with Crippen LogP contribution in [0.1, 0.15) is 18.1 Å². The fourth-order valence-corrected chi connectivity index (χ4v) is 3.23. The van der Waals surface area contributed by atoms with Crippen molar-refractivity contribution in [2.24, 2.45) is 0 Å². The molecule has 0 radical (unpaired) electrons. The summed E-state index contributed by atoms with van der Waals surface area (Å²) in [6.45, 7) is 8.16. The number of carbonyl (C=O) groups excluding carboxylic acids is 1. The Kier molecular flexibility index (Phi) is 5.45. The highest BCUT2D eigenvalue weighted by Gasteiger charge is 2.27. The first kappa shape index (κ1) is 18.2. The molecule has 1 atom stereocenters. The first-order valence-corrected chi connectivity index (χ1v) is 8.98. The molecule has 1 aliphatic rings. The van der Waals surface area contributed by atoms with Gasteiger partial charge in [0.1, 0.15) is 11.6 Å². The zero-order valence-electron chi connectivity index (χ0n) is 15.5. The van der Waals surface area contributed by atoms with Crippen molar-refractivity contribution >= 4 is 11.6 Å². The number of halogens is 1. The number of para-hydroxylation sites is 1. The summed E-state index contributed by atoms with van der Waals surface area (Å²) < 4.78 is 19.8. The van der Waals surface area contributed by atoms with Crippen LogP contribution < -0.4 is 9.64 Å². The number of ether oxygens (including phenoxy) is 1. The first-order chi connectivity index (χ1) is 12.5. The fraction of sp³-hybridized carbons (Fsp3) is 0.381. The van der Waals surface area contributed by atoms with Crippen LogP contribution in [0.15, 0.2) is 42.5 Å². The zero-order valence-corrected chi connectivity index (χ0v) is 15.5. The van der Waals surface area contributed by atoms with Crippen molar-refractivity contribution in [3.8, 4) is 5.75 Å². The largest absolute Gasteiger partial charge is 0.481 e. The lowest BCUT2D eigenvalue weighted by atomic mass is 10.1. The number of nitrogens with zero attached hydrogens (tertiary/aromatic N) is 2. The van der Waals surface area contributed by atoms with Gasteiger partial charge in [0, 0.05) is 26.2 Å². The van der Waals surface area contributed by atoms with E-state index in [1.54, 1.807) is 24.0 Å². The van der Waals surface area contributed by atoms with E-state index in [2.05, 4.69) is 0 Å². The summed E-state index contributed by atoms with van der Waals surface area (Å²) in [5, 5.41) is 0. The van der Waals surface area contributed by atoms with E-state index < -0.39 is 6.10 Å². The van der Waals surface area contributed by atoms with E-state index in [9.17, 15) is 9.18 Å². The smallest absolute Gasteiger partial charge is 0.263 e. The molecule has 0 aliphatic carbocycles. The van der Waals surface area contributed by atoms with Crippen LogP contribution in [0.5, 0.6) is 5.75 Å². The average molecular weight is 356 g/mol. The third-order valence-electron chi connectivity index (χ3n) is 4.99. The van der Waals surface area contributed by atoms with Crippen molar-refractivity contribution in [3.63, 3.8) is 0 Å². The maximum atomic E-state index is 13.9. The minimum Gasteiger partial charge on any atom is -0.481 e. The van der Waals surface area contributed by atoms with Gasteiger partial charge in [0.05, 0.1) is 5.69 Å². The van der Waals surface area contributed by atoms with Crippen LogP contribution in [-0.2, 0) is 4.79 Å². The highest BCUT2D eigenvalue weighted by Crippen LogP contribution is 2.23. The van der Waals surface area contributed by atoms with Gasteiger partial charge in [-0.2, -0.15) is 0 Å². The molecule has 138 valence electrons. The van der Waals surface area contributed by atoms with Crippen LogP contribution in [-0.4, -0.2) is 43.1 Å². The number of amides is 1. The molecule has 1 fully saturated rings. The third kappa shape index (κ3) is 3.82. The normalized spacial score (nSPS) is 15.7. The predicted molar refractivity (Wildman–Crippen MR) is 101 cm³/mol. The van der Waals surface area contributed by atoms with E-state index in [1.807, 2.05) is 43.0 Å². The van der Waals surface area contributed by atoms with Crippen molar-refractivity contribution in [1.82, 2.24) is 4.90 Å². The van der Waals surface area contributed by atoms with Gasteiger partial charge in [0.25, 0.3) is 5.91 Å². The summed E-state index contributed by atoms with van der Waals surface area (Å²) in [5.74, 6) is 0.494. The number of hydrogen-bond acceptors (Lipinski definition) is 3. The molecule has 1 amide bonds. The molecule has 1 heterocycles. The maximum absolute atomic E-state index is 13.9. The maximum Gasteiger partial charge on any atom is 0.263 e. The molecular formula is C21H25FN2O2. The summed E-state index contributed by atoms with van der Waals surface area (Å²) in [5.41, 5.74) is 2.79. The number of benzene rings is 2. The Balaban J connectivity index is 1.59. The van der Waals surface area contributed by atoms with Gasteiger partial charge in [-0.3, -0.25) is 4.79 Å². The quantitative estimate of drug-likeness (QED) is 0.840. The Morgan fingerprint density at radius 1 is 1.04 bits per heavy atom. The second-order valence-electron chi connectivity index (χ2n) is 6.72. The summed E-state index contributed by atoms with van der Waals surface area (Å²) in [4.78, 5) is 16.5. The second-order valence-corrected chi connectivity index (χ2v) is 6.72. The lowest BCUT2D eigenvalue weighted by molar-refractivity contribution is -0.138. The highest BCUT2D eigenvalue weighted by atomic mass is 19.1. The van der Waals surface area contributed by atoms with Crippen molar-refractivity contribution in [1.29, 1.82) is 0 Å². The molecule has 0 spiro atoms. The molecule has 1 saturated heterocycles. The number of anilines is 1. The van der Waals surface area contributed by atoms with E-state index in [0.717, 1.165) is 16.9 Å². The summed E-state index contributed by atoms with van der Waals surface area (Å²) in [6, 6.07) is 12.6. The van der Waals surface area contributed by atoms with Gasteiger partial charge in [0.15, 0.2) is 6.10 Å². The SMILES string of the molecule is Cc1cccc(O[C@H](C)C(=O)N2CCN(c3ccccc3F)CC2)c1C. The molecule has 26 heavy (non-hydrogen) atoms. The van der Waals surface area contributed by atoms with Gasteiger partial charge in [-0.25, -0.2) is 4.39 Å². The Hall–Kier alpha value is -2.56. The number of piperazine rings is 1. The minimum absolute atomic E-state index is 0.0286. The van der Waals surface area contributed by atoms with Gasteiger partial charge < -0.3 is 14.5 Å². The van der Waals surface area contributed by atoms with Crippen molar-refractivity contribution in [2.75, 3.05) is 31.1 Å². The monoisotopic (exact) mass is 356 g/mol. The summed E-state index contributed by atoms with van der Waals surface area (Å²) >= 11 is 0. The Morgan fingerprint density at radius 3 is 2.42 bits per heavy atom. The molecule has 5 heteroatoms. The Bertz CT molecular complexity index is 785. The van der Waals surface area contributed by atoms with Gasteiger partial charge in [-0.15, -0.1) is 0 Å². The Morgan fingerprint density at radius 2 is 1.73 bits per heavy atom. The molecule has 0 N–H and O–H groups in total. The Labute approximate surface area is 154 Å². The van der Waals surface area contributed by atoms with Crippen LogP contribution in [0.4, 0.5) is 10.1 Å².